The fourth-order valence-electron chi connectivity index (χ4n) is 1.83. The van der Waals surface area contributed by atoms with Gasteiger partial charge in [0.05, 0.1) is 5.39 Å². The molecule has 0 bridgehead atoms. The zero-order chi connectivity index (χ0) is 13.4. The van der Waals surface area contributed by atoms with Gasteiger partial charge in [-0.25, -0.2) is 0 Å². The Bertz CT molecular complexity index is 780. The summed E-state index contributed by atoms with van der Waals surface area (Å²) in [5.74, 6) is 0.230. The van der Waals surface area contributed by atoms with Crippen LogP contribution in [0.25, 0.3) is 22.4 Å². The van der Waals surface area contributed by atoms with Crippen molar-refractivity contribution >= 4 is 26.9 Å². The lowest BCUT2D eigenvalue weighted by Gasteiger charge is -2.05. The molecule has 0 amide bonds. The van der Waals surface area contributed by atoms with Crippen molar-refractivity contribution in [1.82, 2.24) is 20.6 Å². The summed E-state index contributed by atoms with van der Waals surface area (Å²) < 4.78 is 5.45. The molecule has 0 saturated carbocycles. The van der Waals surface area contributed by atoms with Crippen molar-refractivity contribution in [2.45, 2.75) is 11.8 Å². The molecule has 0 spiro atoms. The normalized spacial score (nSPS) is 12.7. The van der Waals surface area contributed by atoms with Crippen molar-refractivity contribution in [2.75, 3.05) is 0 Å². The number of aromatic amines is 1. The van der Waals surface area contributed by atoms with E-state index in [1.165, 1.54) is 6.26 Å². The monoisotopic (exact) mass is 320 g/mol. The summed E-state index contributed by atoms with van der Waals surface area (Å²) >= 11 is 3.48. The molecule has 3 aromatic rings. The average Bonchev–Trinajstić information content (AvgIpc) is 2.92. The zero-order valence-electron chi connectivity index (χ0n) is 9.92. The third-order valence-electron chi connectivity index (χ3n) is 2.84. The zero-order valence-corrected chi connectivity index (χ0v) is 11.5. The summed E-state index contributed by atoms with van der Waals surface area (Å²) in [6.07, 6.45) is 1.35. The van der Waals surface area contributed by atoms with Crippen LogP contribution in [0.1, 0.15) is 17.3 Å². The number of fused-ring (bicyclic) bond motifs is 1. The molecule has 6 nitrogen and oxygen atoms in total. The van der Waals surface area contributed by atoms with E-state index in [1.54, 1.807) is 6.07 Å². The number of hydrogen-bond donors (Lipinski definition) is 1. The second-order valence-electron chi connectivity index (χ2n) is 4.09. The molecule has 0 radical (unpaired) electrons. The molecular weight excluding hydrogens is 312 g/mol. The van der Waals surface area contributed by atoms with Crippen LogP contribution in [0.4, 0.5) is 0 Å². The Morgan fingerprint density at radius 2 is 2.26 bits per heavy atom. The smallest absolute Gasteiger partial charge is 0.211 e. The molecule has 0 aliphatic carbocycles. The van der Waals surface area contributed by atoms with Gasteiger partial charge in [-0.3, -0.25) is 4.79 Å². The predicted molar refractivity (Wildman–Crippen MR) is 73.0 cm³/mol. The maximum Gasteiger partial charge on any atom is 0.211 e. The van der Waals surface area contributed by atoms with Crippen molar-refractivity contribution in [2.24, 2.45) is 0 Å². The lowest BCUT2D eigenvalue weighted by atomic mass is 10.1. The Morgan fingerprint density at radius 3 is 2.95 bits per heavy atom. The average molecular weight is 321 g/mol. The van der Waals surface area contributed by atoms with E-state index < -0.39 is 0 Å². The molecule has 96 valence electrons. The second-order valence-corrected chi connectivity index (χ2v) is 5.46. The number of nitrogens with zero attached hydrogens (tertiary/aromatic N) is 3. The summed E-state index contributed by atoms with van der Waals surface area (Å²) in [5, 5.41) is 13.9. The Morgan fingerprint density at radius 1 is 1.42 bits per heavy atom. The van der Waals surface area contributed by atoms with E-state index in [-0.39, 0.29) is 16.1 Å². The van der Waals surface area contributed by atoms with E-state index in [1.807, 2.05) is 19.1 Å². The van der Waals surface area contributed by atoms with Gasteiger partial charge in [0, 0.05) is 4.83 Å². The van der Waals surface area contributed by atoms with Crippen LogP contribution in [0.5, 0.6) is 0 Å². The molecule has 1 unspecified atom stereocenters. The van der Waals surface area contributed by atoms with Crippen molar-refractivity contribution < 1.29 is 4.42 Å². The first-order chi connectivity index (χ1) is 9.16. The van der Waals surface area contributed by atoms with E-state index in [9.17, 15) is 4.79 Å². The van der Waals surface area contributed by atoms with Gasteiger partial charge in [-0.05, 0) is 29.8 Å². The highest BCUT2D eigenvalue weighted by Gasteiger charge is 2.13. The van der Waals surface area contributed by atoms with Crippen molar-refractivity contribution in [3.8, 4) is 11.4 Å². The largest absolute Gasteiger partial charge is 0.463 e. The maximum absolute atomic E-state index is 12.4. The molecule has 2 aromatic heterocycles. The summed E-state index contributed by atoms with van der Waals surface area (Å²) in [5.41, 5.74) is 1.66. The molecule has 19 heavy (non-hydrogen) atoms. The van der Waals surface area contributed by atoms with E-state index in [0.29, 0.717) is 16.5 Å². The topological polar surface area (TPSA) is 84.7 Å². The van der Waals surface area contributed by atoms with E-state index in [2.05, 4.69) is 36.6 Å². The Hall–Kier alpha value is -2.02. The molecule has 1 N–H and O–H groups in total. The molecule has 0 aliphatic rings. The third-order valence-corrected chi connectivity index (χ3v) is 3.37. The van der Waals surface area contributed by atoms with Gasteiger partial charge in [0.2, 0.25) is 11.3 Å². The van der Waals surface area contributed by atoms with Crippen molar-refractivity contribution in [3.63, 3.8) is 0 Å². The van der Waals surface area contributed by atoms with Crippen LogP contribution in [0.15, 0.2) is 33.7 Å². The minimum absolute atomic E-state index is 0.158. The van der Waals surface area contributed by atoms with E-state index in [4.69, 9.17) is 4.42 Å². The fourth-order valence-corrected chi connectivity index (χ4v) is 2.11. The molecule has 2 heterocycles. The number of aromatic nitrogens is 4. The molecule has 1 aromatic carbocycles. The van der Waals surface area contributed by atoms with Crippen molar-refractivity contribution in [1.29, 1.82) is 0 Å². The van der Waals surface area contributed by atoms with Crippen LogP contribution in [-0.2, 0) is 0 Å². The molecule has 7 heteroatoms. The Kier molecular flexibility index (Phi) is 2.90. The lowest BCUT2D eigenvalue weighted by molar-refractivity contribution is 0.603. The number of benzene rings is 1. The standard InChI is InChI=1S/C12H9BrN4O2/c1-6(13)7-2-3-10-8(4-7)11(18)9(5-19-10)12-14-16-17-15-12/h2-6H,1H3,(H,14,15,16,17). The van der Waals surface area contributed by atoms with Crippen LogP contribution >= 0.6 is 15.9 Å². The Labute approximate surface area is 116 Å². The molecular formula is C12H9BrN4O2. The quantitative estimate of drug-likeness (QED) is 0.733. The van der Waals surface area contributed by atoms with Gasteiger partial charge in [0.15, 0.2) is 0 Å². The maximum atomic E-state index is 12.4. The van der Waals surface area contributed by atoms with E-state index in [0.717, 1.165) is 5.56 Å². The number of H-pyrrole nitrogens is 1. The van der Waals surface area contributed by atoms with Gasteiger partial charge in [-0.2, -0.15) is 5.21 Å². The van der Waals surface area contributed by atoms with Crippen LogP contribution in [0, 0.1) is 0 Å². The molecule has 0 aliphatic heterocycles. The first kappa shape index (κ1) is 12.0. The van der Waals surface area contributed by atoms with Gasteiger partial charge in [-0.1, -0.05) is 22.0 Å². The van der Waals surface area contributed by atoms with Gasteiger partial charge in [0.1, 0.15) is 17.4 Å². The second kappa shape index (κ2) is 4.58. The van der Waals surface area contributed by atoms with Gasteiger partial charge < -0.3 is 4.42 Å². The summed E-state index contributed by atoms with van der Waals surface area (Å²) in [7, 11) is 0. The van der Waals surface area contributed by atoms with Gasteiger partial charge in [0.25, 0.3) is 0 Å². The predicted octanol–water partition coefficient (Wildman–Crippen LogP) is 2.43. The first-order valence-corrected chi connectivity index (χ1v) is 6.52. The van der Waals surface area contributed by atoms with Crippen LogP contribution < -0.4 is 5.43 Å². The number of nitrogens with one attached hydrogen (secondary N) is 1. The number of halogens is 1. The number of rotatable bonds is 2. The lowest BCUT2D eigenvalue weighted by Crippen LogP contribution is -2.06. The van der Waals surface area contributed by atoms with Crippen LogP contribution in [0.3, 0.4) is 0 Å². The number of hydrogen-bond acceptors (Lipinski definition) is 5. The summed E-state index contributed by atoms with van der Waals surface area (Å²) in [6, 6.07) is 5.51. The van der Waals surface area contributed by atoms with E-state index >= 15 is 0 Å². The first-order valence-electron chi connectivity index (χ1n) is 5.60. The minimum atomic E-state index is -0.169. The third kappa shape index (κ3) is 2.06. The molecule has 1 atom stereocenters. The van der Waals surface area contributed by atoms with Crippen molar-refractivity contribution in [3.05, 3.63) is 40.2 Å². The Balaban J connectivity index is 2.28. The molecule has 0 fully saturated rings. The fraction of sp³-hybridized carbons (Fsp3) is 0.167. The minimum Gasteiger partial charge on any atom is -0.463 e. The van der Waals surface area contributed by atoms with Gasteiger partial charge >= 0.3 is 0 Å². The van der Waals surface area contributed by atoms with Gasteiger partial charge in [-0.15, -0.1) is 10.2 Å². The number of alkyl halides is 1. The summed E-state index contributed by atoms with van der Waals surface area (Å²) in [4.78, 5) is 12.6. The molecule has 0 saturated heterocycles. The van der Waals surface area contributed by atoms with Crippen LogP contribution in [-0.4, -0.2) is 20.6 Å². The number of tetrazole rings is 1. The highest BCUT2D eigenvalue weighted by Crippen LogP contribution is 2.25. The van der Waals surface area contributed by atoms with Crippen LogP contribution in [0.2, 0.25) is 0 Å². The highest BCUT2D eigenvalue weighted by atomic mass is 79.9. The summed E-state index contributed by atoms with van der Waals surface area (Å²) in [6.45, 7) is 1.99. The molecule has 3 rings (SSSR count). The highest BCUT2D eigenvalue weighted by molar-refractivity contribution is 9.09. The SMILES string of the molecule is CC(Br)c1ccc2occ(-c3nn[nH]n3)c(=O)c2c1.